The van der Waals surface area contributed by atoms with Gasteiger partial charge in [0.2, 0.25) is 0 Å². The van der Waals surface area contributed by atoms with E-state index in [4.69, 9.17) is 4.74 Å². The summed E-state index contributed by atoms with van der Waals surface area (Å²) in [6.45, 7) is 1.34. The van der Waals surface area contributed by atoms with Gasteiger partial charge in [-0.25, -0.2) is 0 Å². The molecule has 2 saturated heterocycles. The highest BCUT2D eigenvalue weighted by Crippen LogP contribution is 2.37. The maximum Gasteiger partial charge on any atom is 0.417 e. The van der Waals surface area contributed by atoms with Gasteiger partial charge in [0.15, 0.2) is 0 Å². The molecule has 3 atom stereocenters. The minimum absolute atomic E-state index is 0.0466. The van der Waals surface area contributed by atoms with Crippen molar-refractivity contribution in [2.24, 2.45) is 0 Å². The van der Waals surface area contributed by atoms with Crippen LogP contribution in [0.3, 0.4) is 0 Å². The average Bonchev–Trinajstić information content (AvgIpc) is 3.17. The normalized spacial score (nSPS) is 30.0. The van der Waals surface area contributed by atoms with Crippen LogP contribution in [0, 0.1) is 0 Å². The fraction of sp³-hybridized carbons (Fsp3) is 0.412. The molecule has 0 aliphatic carbocycles. The van der Waals surface area contributed by atoms with Crippen molar-refractivity contribution in [1.29, 1.82) is 0 Å². The number of benzene rings is 1. The Hall–Kier alpha value is -1.79. The Bertz CT molecular complexity index is 651. The Morgan fingerprint density at radius 2 is 1.96 bits per heavy atom. The summed E-state index contributed by atoms with van der Waals surface area (Å²) in [6.07, 6.45) is 0.849. The van der Waals surface area contributed by atoms with Crippen LogP contribution in [-0.4, -0.2) is 31.4 Å². The van der Waals surface area contributed by atoms with Crippen molar-refractivity contribution in [1.82, 2.24) is 5.32 Å². The predicted molar refractivity (Wildman–Crippen MR) is 81.1 cm³/mol. The van der Waals surface area contributed by atoms with Gasteiger partial charge in [0.1, 0.15) is 0 Å². The smallest absolute Gasteiger partial charge is 0.367 e. The monoisotopic (exact) mass is 322 g/mol. The Labute approximate surface area is 132 Å². The van der Waals surface area contributed by atoms with Crippen LogP contribution in [0.4, 0.5) is 18.9 Å². The highest BCUT2D eigenvalue weighted by molar-refractivity contribution is 5.54. The SMILES string of the molecule is FC(F)(F)C1=CN(c2ccc([C@H]3O[C@@H]4CN[C@H]3C4)cc2)CC=C1. The molecule has 0 amide bonds. The van der Waals surface area contributed by atoms with Crippen molar-refractivity contribution in [2.45, 2.75) is 30.8 Å². The fourth-order valence-corrected chi connectivity index (χ4v) is 3.44. The summed E-state index contributed by atoms with van der Waals surface area (Å²) in [5.41, 5.74) is 1.19. The lowest BCUT2D eigenvalue weighted by Crippen LogP contribution is -2.34. The van der Waals surface area contributed by atoms with Gasteiger partial charge < -0.3 is 15.0 Å². The molecule has 3 nitrogen and oxygen atoms in total. The number of morpholine rings is 1. The third-order valence-corrected chi connectivity index (χ3v) is 4.60. The van der Waals surface area contributed by atoms with Crippen molar-refractivity contribution >= 4 is 5.69 Å². The van der Waals surface area contributed by atoms with Gasteiger partial charge in [0.25, 0.3) is 0 Å². The highest BCUT2D eigenvalue weighted by Gasteiger charge is 2.41. The van der Waals surface area contributed by atoms with Crippen LogP contribution in [0.2, 0.25) is 0 Å². The number of fused-ring (bicyclic) bond motifs is 2. The minimum Gasteiger partial charge on any atom is -0.367 e. The summed E-state index contributed by atoms with van der Waals surface area (Å²) >= 11 is 0. The summed E-state index contributed by atoms with van der Waals surface area (Å²) in [5.74, 6) is 0. The Morgan fingerprint density at radius 3 is 2.57 bits per heavy atom. The summed E-state index contributed by atoms with van der Waals surface area (Å²) in [6, 6.07) is 7.95. The number of nitrogens with zero attached hydrogens (tertiary/aromatic N) is 1. The molecular weight excluding hydrogens is 305 g/mol. The number of alkyl halides is 3. The first-order valence-corrected chi connectivity index (χ1v) is 7.72. The maximum absolute atomic E-state index is 12.8. The molecule has 1 aromatic carbocycles. The zero-order valence-electron chi connectivity index (χ0n) is 12.4. The van der Waals surface area contributed by atoms with Crippen LogP contribution in [0.1, 0.15) is 18.1 Å². The number of rotatable bonds is 2. The molecule has 3 aliphatic rings. The summed E-state index contributed by atoms with van der Waals surface area (Å²) < 4.78 is 44.4. The second-order valence-corrected chi connectivity index (χ2v) is 6.16. The van der Waals surface area contributed by atoms with Crippen LogP contribution >= 0.6 is 0 Å². The first-order valence-electron chi connectivity index (χ1n) is 7.72. The third-order valence-electron chi connectivity index (χ3n) is 4.60. The molecule has 2 bridgehead atoms. The molecule has 4 rings (SSSR count). The Morgan fingerprint density at radius 1 is 1.17 bits per heavy atom. The second kappa shape index (κ2) is 5.39. The molecule has 23 heavy (non-hydrogen) atoms. The largest absolute Gasteiger partial charge is 0.417 e. The maximum atomic E-state index is 12.8. The van der Waals surface area contributed by atoms with E-state index < -0.39 is 11.7 Å². The van der Waals surface area contributed by atoms with E-state index in [0.717, 1.165) is 36.5 Å². The van der Waals surface area contributed by atoms with Crippen molar-refractivity contribution in [2.75, 3.05) is 18.0 Å². The minimum atomic E-state index is -4.32. The van der Waals surface area contributed by atoms with E-state index in [2.05, 4.69) is 5.32 Å². The van der Waals surface area contributed by atoms with Crippen LogP contribution in [0.25, 0.3) is 0 Å². The molecule has 1 N–H and O–H groups in total. The molecule has 6 heteroatoms. The van der Waals surface area contributed by atoms with Crippen molar-refractivity contribution in [3.63, 3.8) is 0 Å². The van der Waals surface area contributed by atoms with Crippen molar-refractivity contribution in [3.8, 4) is 0 Å². The Balaban J connectivity index is 1.52. The number of nitrogens with one attached hydrogen (secondary N) is 1. The van der Waals surface area contributed by atoms with Crippen LogP contribution < -0.4 is 10.2 Å². The number of allylic oxidation sites excluding steroid dienone is 2. The standard InChI is InChI=1S/C17H17F3N2O/c18-17(19,20)12-2-1-7-22(10-12)13-5-3-11(4-6-13)16-15-8-14(23-16)9-21-15/h1-6,10,14-16,21H,7-9H2/t14-,15-,16+/m0/s1. The molecule has 2 fully saturated rings. The molecule has 0 unspecified atom stereocenters. The van der Waals surface area contributed by atoms with Gasteiger partial charge in [-0.1, -0.05) is 24.3 Å². The lowest BCUT2D eigenvalue weighted by molar-refractivity contribution is -0.0885. The van der Waals surface area contributed by atoms with Crippen molar-refractivity contribution < 1.29 is 17.9 Å². The topological polar surface area (TPSA) is 24.5 Å². The summed E-state index contributed by atoms with van der Waals surface area (Å²) in [4.78, 5) is 1.60. The third kappa shape index (κ3) is 2.77. The zero-order valence-corrected chi connectivity index (χ0v) is 12.4. The average molecular weight is 322 g/mol. The number of hydrogen-bond donors (Lipinski definition) is 1. The van der Waals surface area contributed by atoms with E-state index in [0.29, 0.717) is 12.6 Å². The van der Waals surface area contributed by atoms with Gasteiger partial charge in [-0.2, -0.15) is 13.2 Å². The lowest BCUT2D eigenvalue weighted by Gasteiger charge is -2.26. The summed E-state index contributed by atoms with van der Waals surface area (Å²) in [7, 11) is 0. The van der Waals surface area contributed by atoms with Gasteiger partial charge in [-0.3, -0.25) is 0 Å². The van der Waals surface area contributed by atoms with Crippen LogP contribution in [-0.2, 0) is 4.74 Å². The quantitative estimate of drug-likeness (QED) is 0.904. The number of hydrogen-bond acceptors (Lipinski definition) is 3. The first-order chi connectivity index (χ1) is 11.0. The number of halogens is 3. The second-order valence-electron chi connectivity index (χ2n) is 6.16. The van der Waals surface area contributed by atoms with E-state index in [1.54, 1.807) is 4.90 Å². The lowest BCUT2D eigenvalue weighted by atomic mass is 10.0. The van der Waals surface area contributed by atoms with Gasteiger partial charge in [0.05, 0.1) is 17.8 Å². The van der Waals surface area contributed by atoms with Gasteiger partial charge in [-0.15, -0.1) is 0 Å². The Kier molecular flexibility index (Phi) is 3.46. The summed E-state index contributed by atoms with van der Waals surface area (Å²) in [5, 5.41) is 3.43. The number of ether oxygens (including phenoxy) is 1. The predicted octanol–water partition coefficient (Wildman–Crippen LogP) is 3.31. The first kappa shape index (κ1) is 14.8. The molecule has 122 valence electrons. The van der Waals surface area contributed by atoms with Crippen molar-refractivity contribution in [3.05, 3.63) is 53.8 Å². The molecule has 0 spiro atoms. The van der Waals surface area contributed by atoms with E-state index in [-0.39, 0.29) is 12.2 Å². The molecule has 1 aromatic rings. The van der Waals surface area contributed by atoms with Gasteiger partial charge in [-0.05, 0) is 24.1 Å². The van der Waals surface area contributed by atoms with E-state index in [1.165, 1.54) is 6.08 Å². The molecule has 3 aliphatic heterocycles. The molecular formula is C17H17F3N2O. The van der Waals surface area contributed by atoms with Gasteiger partial charge >= 0.3 is 6.18 Å². The molecule has 3 heterocycles. The van der Waals surface area contributed by atoms with Crippen LogP contribution in [0.15, 0.2) is 48.2 Å². The van der Waals surface area contributed by atoms with E-state index >= 15 is 0 Å². The van der Waals surface area contributed by atoms with E-state index in [9.17, 15) is 13.2 Å². The van der Waals surface area contributed by atoms with Gasteiger partial charge in [0, 0.05) is 31.0 Å². The highest BCUT2D eigenvalue weighted by atomic mass is 19.4. The fourth-order valence-electron chi connectivity index (χ4n) is 3.44. The zero-order chi connectivity index (χ0) is 16.0. The number of anilines is 1. The molecule has 0 radical (unpaired) electrons. The molecule has 0 saturated carbocycles. The van der Waals surface area contributed by atoms with Crippen LogP contribution in [0.5, 0.6) is 0 Å². The van der Waals surface area contributed by atoms with E-state index in [1.807, 2.05) is 24.3 Å². The molecule has 0 aromatic heterocycles.